The Bertz CT molecular complexity index is 142. The maximum absolute atomic E-state index is 4.65. The first-order chi connectivity index (χ1) is 3.93. The highest BCUT2D eigenvalue weighted by Crippen LogP contribution is 1.86. The molecule has 0 fully saturated rings. The number of hydrogen-bond donors (Lipinski definition) is 1. The molecule has 0 bridgehead atoms. The van der Waals surface area contributed by atoms with Gasteiger partial charge in [-0.25, -0.2) is 0 Å². The largest absolute Gasteiger partial charge is 0.338 e. The van der Waals surface area contributed by atoms with Gasteiger partial charge in [-0.05, 0) is 7.05 Å². The lowest BCUT2D eigenvalue weighted by Gasteiger charge is -1.85. The van der Waals surface area contributed by atoms with Gasteiger partial charge in [0.15, 0.2) is 6.33 Å². The van der Waals surface area contributed by atoms with Crippen molar-refractivity contribution in [3.63, 3.8) is 0 Å². The summed E-state index contributed by atoms with van der Waals surface area (Å²) >= 11 is 0. The number of hydrogen-bond acceptors (Lipinski definition) is 4. The van der Waals surface area contributed by atoms with Gasteiger partial charge in [-0.2, -0.15) is 4.98 Å². The summed E-state index contributed by atoms with van der Waals surface area (Å²) in [5, 5.41) is 6.29. The minimum Gasteiger partial charge on any atom is -0.338 e. The van der Waals surface area contributed by atoms with Gasteiger partial charge in [0, 0.05) is 0 Å². The molecular weight excluding hydrogens is 142 g/mol. The quantitative estimate of drug-likeness (QED) is 0.653. The molecule has 0 saturated carbocycles. The number of nitrogens with one attached hydrogen (secondary N) is 1. The van der Waals surface area contributed by atoms with Gasteiger partial charge >= 0.3 is 0 Å². The summed E-state index contributed by atoms with van der Waals surface area (Å²) in [5.41, 5.74) is 0. The van der Waals surface area contributed by atoms with E-state index >= 15 is 0 Å². The van der Waals surface area contributed by atoms with Crippen LogP contribution >= 0.6 is 12.4 Å². The minimum atomic E-state index is 0. The summed E-state index contributed by atoms with van der Waals surface area (Å²) in [7, 11) is 1.82. The predicted octanol–water partition coefficient (Wildman–Crippen LogP) is 0.211. The fraction of sp³-hybridized carbons (Fsp3) is 0.500. The molecular formula is C4H8ClN3O. The van der Waals surface area contributed by atoms with Gasteiger partial charge in [-0.3, -0.25) is 0 Å². The van der Waals surface area contributed by atoms with Crippen molar-refractivity contribution in [3.05, 3.63) is 12.2 Å². The molecule has 0 radical (unpaired) electrons. The van der Waals surface area contributed by atoms with Gasteiger partial charge in [0.25, 0.3) is 0 Å². The zero-order valence-corrected chi connectivity index (χ0v) is 5.81. The Morgan fingerprint density at radius 3 is 3.00 bits per heavy atom. The molecule has 1 rings (SSSR count). The molecule has 0 aliphatic heterocycles. The first-order valence-corrected chi connectivity index (χ1v) is 2.33. The summed E-state index contributed by atoms with van der Waals surface area (Å²) in [6.07, 6.45) is 1.38. The van der Waals surface area contributed by atoms with E-state index in [1.54, 1.807) is 0 Å². The Labute approximate surface area is 59.0 Å². The zero-order chi connectivity index (χ0) is 5.82. The third-order valence-electron chi connectivity index (χ3n) is 0.735. The Balaban J connectivity index is 0.000000640. The van der Waals surface area contributed by atoms with E-state index in [0.717, 1.165) is 0 Å². The maximum atomic E-state index is 4.65. The van der Waals surface area contributed by atoms with Crippen molar-refractivity contribution >= 4 is 12.4 Å². The van der Waals surface area contributed by atoms with Gasteiger partial charge in [0.1, 0.15) is 0 Å². The van der Waals surface area contributed by atoms with Crippen LogP contribution in [0.15, 0.2) is 10.9 Å². The van der Waals surface area contributed by atoms with Crippen LogP contribution in [0.3, 0.4) is 0 Å². The van der Waals surface area contributed by atoms with E-state index in [2.05, 4.69) is 20.0 Å². The van der Waals surface area contributed by atoms with Crippen LogP contribution in [0, 0.1) is 0 Å². The van der Waals surface area contributed by atoms with E-state index in [9.17, 15) is 0 Å². The maximum Gasteiger partial charge on any atom is 0.240 e. The first kappa shape index (κ1) is 8.39. The molecule has 1 N–H and O–H groups in total. The third-order valence-corrected chi connectivity index (χ3v) is 0.735. The number of aromatic nitrogens is 2. The summed E-state index contributed by atoms with van der Waals surface area (Å²) in [6.45, 7) is 0.639. The second kappa shape index (κ2) is 4.29. The monoisotopic (exact) mass is 149 g/mol. The third kappa shape index (κ3) is 2.43. The fourth-order valence-corrected chi connectivity index (χ4v) is 0.425. The molecule has 52 valence electrons. The average molecular weight is 150 g/mol. The molecule has 0 unspecified atom stereocenters. The van der Waals surface area contributed by atoms with E-state index in [4.69, 9.17) is 0 Å². The Kier molecular flexibility index (Phi) is 4.00. The lowest BCUT2D eigenvalue weighted by Crippen LogP contribution is -2.04. The predicted molar refractivity (Wildman–Crippen MR) is 34.3 cm³/mol. The van der Waals surface area contributed by atoms with Crippen molar-refractivity contribution in [1.82, 2.24) is 15.5 Å². The summed E-state index contributed by atoms with van der Waals surface area (Å²) in [6, 6.07) is 0. The van der Waals surface area contributed by atoms with Crippen molar-refractivity contribution in [2.24, 2.45) is 0 Å². The molecule has 5 heteroatoms. The van der Waals surface area contributed by atoms with Crippen molar-refractivity contribution in [2.45, 2.75) is 6.54 Å². The average Bonchev–Trinajstić information content (AvgIpc) is 2.19. The molecule has 1 aromatic heterocycles. The van der Waals surface area contributed by atoms with Crippen molar-refractivity contribution in [2.75, 3.05) is 7.05 Å². The van der Waals surface area contributed by atoms with E-state index < -0.39 is 0 Å². The molecule has 0 atom stereocenters. The van der Waals surface area contributed by atoms with Gasteiger partial charge in [-0.15, -0.1) is 12.4 Å². The van der Waals surface area contributed by atoms with E-state index in [-0.39, 0.29) is 12.4 Å². The lowest BCUT2D eigenvalue weighted by atomic mass is 10.6. The van der Waals surface area contributed by atoms with Gasteiger partial charge in [-0.1, -0.05) is 5.16 Å². The van der Waals surface area contributed by atoms with Crippen LogP contribution in [0.1, 0.15) is 5.89 Å². The molecule has 4 nitrogen and oxygen atoms in total. The van der Waals surface area contributed by atoms with Crippen LogP contribution in [0.25, 0.3) is 0 Å². The Morgan fingerprint density at radius 1 is 1.78 bits per heavy atom. The van der Waals surface area contributed by atoms with Gasteiger partial charge < -0.3 is 9.84 Å². The highest BCUT2D eigenvalue weighted by Gasteiger charge is 1.91. The molecule has 0 saturated heterocycles. The molecule has 0 aliphatic carbocycles. The zero-order valence-electron chi connectivity index (χ0n) is 5.00. The van der Waals surface area contributed by atoms with E-state index in [1.165, 1.54) is 6.33 Å². The standard InChI is InChI=1S/C4H7N3O.ClH/c1-5-2-4-6-3-7-8-4;/h3,5H,2H2,1H3;1H. The van der Waals surface area contributed by atoms with E-state index in [1.807, 2.05) is 7.05 Å². The topological polar surface area (TPSA) is 51.0 Å². The van der Waals surface area contributed by atoms with Gasteiger partial charge in [0.05, 0.1) is 6.54 Å². The van der Waals surface area contributed by atoms with Crippen LogP contribution in [0.4, 0.5) is 0 Å². The number of nitrogens with zero attached hydrogens (tertiary/aromatic N) is 2. The second-order valence-electron chi connectivity index (χ2n) is 1.37. The molecule has 0 spiro atoms. The van der Waals surface area contributed by atoms with Crippen molar-refractivity contribution in [3.8, 4) is 0 Å². The van der Waals surface area contributed by atoms with Crippen LogP contribution in [0.5, 0.6) is 0 Å². The SMILES string of the molecule is CNCc1ncno1.Cl. The number of rotatable bonds is 2. The van der Waals surface area contributed by atoms with Crippen LogP contribution in [-0.2, 0) is 6.54 Å². The number of halogens is 1. The fourth-order valence-electron chi connectivity index (χ4n) is 0.425. The molecule has 0 amide bonds. The lowest BCUT2D eigenvalue weighted by molar-refractivity contribution is 0.371. The molecule has 1 heterocycles. The van der Waals surface area contributed by atoms with Crippen LogP contribution in [-0.4, -0.2) is 17.2 Å². The molecule has 0 aliphatic rings. The summed E-state index contributed by atoms with van der Waals surface area (Å²) < 4.78 is 4.65. The Hall–Kier alpha value is -0.610. The smallest absolute Gasteiger partial charge is 0.240 e. The highest BCUT2D eigenvalue weighted by atomic mass is 35.5. The van der Waals surface area contributed by atoms with Crippen LogP contribution in [0.2, 0.25) is 0 Å². The Morgan fingerprint density at radius 2 is 2.56 bits per heavy atom. The van der Waals surface area contributed by atoms with E-state index in [0.29, 0.717) is 12.4 Å². The summed E-state index contributed by atoms with van der Waals surface area (Å²) in [5.74, 6) is 0.618. The normalized spacial score (nSPS) is 8.56. The van der Waals surface area contributed by atoms with Crippen molar-refractivity contribution in [1.29, 1.82) is 0 Å². The first-order valence-electron chi connectivity index (χ1n) is 2.33. The van der Waals surface area contributed by atoms with Crippen LogP contribution < -0.4 is 5.32 Å². The van der Waals surface area contributed by atoms with Gasteiger partial charge in [0.2, 0.25) is 5.89 Å². The molecule has 0 aromatic carbocycles. The highest BCUT2D eigenvalue weighted by molar-refractivity contribution is 5.85. The summed E-state index contributed by atoms with van der Waals surface area (Å²) in [4.78, 5) is 3.77. The molecule has 1 aromatic rings. The second-order valence-corrected chi connectivity index (χ2v) is 1.37. The molecule has 9 heavy (non-hydrogen) atoms. The van der Waals surface area contributed by atoms with Crippen molar-refractivity contribution < 1.29 is 4.52 Å². The minimum absolute atomic E-state index is 0.